The molecule has 0 fully saturated rings. The van der Waals surface area contributed by atoms with Crippen molar-refractivity contribution in [3.63, 3.8) is 0 Å². The zero-order valence-corrected chi connectivity index (χ0v) is 10.9. The third-order valence-corrected chi connectivity index (χ3v) is 3.08. The average Bonchev–Trinajstić information content (AvgIpc) is 2.30. The number of esters is 1. The lowest BCUT2D eigenvalue weighted by Gasteiger charge is -2.14. The van der Waals surface area contributed by atoms with Crippen LogP contribution in [0.15, 0.2) is 30.3 Å². The minimum Gasteiger partial charge on any atom is -0.469 e. The number of alkyl halides is 1. The summed E-state index contributed by atoms with van der Waals surface area (Å²) < 4.78 is 5.89. The van der Waals surface area contributed by atoms with Gasteiger partial charge < -0.3 is 4.74 Å². The van der Waals surface area contributed by atoms with Crippen LogP contribution in [0.4, 0.5) is 0 Å². The number of hydrogen-bond donors (Lipinski definition) is 0. The molecule has 0 aliphatic carbocycles. The lowest BCUT2D eigenvalue weighted by atomic mass is 9.95. The summed E-state index contributed by atoms with van der Waals surface area (Å²) in [5.41, 5.74) is 1.05. The quantitative estimate of drug-likeness (QED) is 0.474. The van der Waals surface area contributed by atoms with E-state index in [1.54, 1.807) is 0 Å². The van der Waals surface area contributed by atoms with Crippen molar-refractivity contribution in [2.45, 2.75) is 18.8 Å². The van der Waals surface area contributed by atoms with E-state index in [0.29, 0.717) is 0 Å². The zero-order chi connectivity index (χ0) is 11.1. The number of ether oxygens (including phenoxy) is 1. The molecule has 0 radical (unpaired) electrons. The van der Waals surface area contributed by atoms with Crippen LogP contribution in [0.5, 0.6) is 0 Å². The molecule has 2 nitrogen and oxygen atoms in total. The van der Waals surface area contributed by atoms with Crippen LogP contribution in [0.3, 0.4) is 0 Å². The fourth-order valence-corrected chi connectivity index (χ4v) is 1.97. The van der Waals surface area contributed by atoms with Crippen molar-refractivity contribution in [3.05, 3.63) is 35.9 Å². The summed E-state index contributed by atoms with van der Waals surface area (Å²) in [7, 11) is 1.45. The molecule has 0 aromatic heterocycles. The highest BCUT2D eigenvalue weighted by atomic mass is 127. The first-order chi connectivity index (χ1) is 7.29. The minimum atomic E-state index is -0.133. The van der Waals surface area contributed by atoms with Gasteiger partial charge in [-0.2, -0.15) is 0 Å². The van der Waals surface area contributed by atoms with Crippen LogP contribution in [-0.2, 0) is 9.53 Å². The Balaban J connectivity index is 2.76. The summed E-state index contributed by atoms with van der Waals surface area (Å²) in [5.74, 6) is -0.239. The van der Waals surface area contributed by atoms with Gasteiger partial charge in [-0.15, -0.1) is 0 Å². The predicted octanol–water partition coefficient (Wildman–Crippen LogP) is 3.16. The average molecular weight is 318 g/mol. The standard InChI is InChI=1S/C12H15IO2/c1-15-12(14)11(8-5-9-13)10-6-3-2-4-7-10/h2-4,6-7,11H,5,8-9H2,1H3. The van der Waals surface area contributed by atoms with Crippen LogP contribution in [0.25, 0.3) is 0 Å². The summed E-state index contributed by atoms with van der Waals surface area (Å²) in [6.45, 7) is 0. The van der Waals surface area contributed by atoms with E-state index < -0.39 is 0 Å². The second-order valence-corrected chi connectivity index (χ2v) is 4.40. The Labute approximate surface area is 104 Å². The molecular formula is C12H15IO2. The van der Waals surface area contributed by atoms with E-state index in [-0.39, 0.29) is 11.9 Å². The highest BCUT2D eigenvalue weighted by molar-refractivity contribution is 14.1. The SMILES string of the molecule is COC(=O)C(CCCI)c1ccccc1. The molecule has 0 aliphatic rings. The molecule has 0 saturated carbocycles. The van der Waals surface area contributed by atoms with E-state index in [1.807, 2.05) is 30.3 Å². The molecule has 0 amide bonds. The van der Waals surface area contributed by atoms with E-state index in [2.05, 4.69) is 22.6 Å². The van der Waals surface area contributed by atoms with Crippen LogP contribution in [-0.4, -0.2) is 17.5 Å². The highest BCUT2D eigenvalue weighted by Crippen LogP contribution is 2.22. The van der Waals surface area contributed by atoms with Crippen LogP contribution in [0.1, 0.15) is 24.3 Å². The lowest BCUT2D eigenvalue weighted by molar-refractivity contribution is -0.142. The van der Waals surface area contributed by atoms with Crippen molar-refractivity contribution in [1.29, 1.82) is 0 Å². The molecule has 1 aromatic carbocycles. The van der Waals surface area contributed by atoms with Gasteiger partial charge in [-0.25, -0.2) is 0 Å². The molecule has 1 atom stereocenters. The minimum absolute atomic E-state index is 0.106. The Morgan fingerprint density at radius 3 is 2.60 bits per heavy atom. The number of halogens is 1. The summed E-state index contributed by atoms with van der Waals surface area (Å²) in [6, 6.07) is 9.82. The number of rotatable bonds is 5. The number of hydrogen-bond acceptors (Lipinski definition) is 2. The molecule has 0 N–H and O–H groups in total. The van der Waals surface area contributed by atoms with Crippen molar-refractivity contribution in [3.8, 4) is 0 Å². The van der Waals surface area contributed by atoms with Crippen LogP contribution < -0.4 is 0 Å². The van der Waals surface area contributed by atoms with Crippen molar-refractivity contribution >= 4 is 28.6 Å². The Bertz CT molecular complexity index is 298. The normalized spacial score (nSPS) is 12.1. The van der Waals surface area contributed by atoms with Crippen LogP contribution >= 0.6 is 22.6 Å². The van der Waals surface area contributed by atoms with E-state index >= 15 is 0 Å². The van der Waals surface area contributed by atoms with Gasteiger partial charge in [-0.3, -0.25) is 4.79 Å². The van der Waals surface area contributed by atoms with Gasteiger partial charge in [-0.05, 0) is 22.8 Å². The maximum Gasteiger partial charge on any atom is 0.313 e. The first kappa shape index (κ1) is 12.5. The number of methoxy groups -OCH3 is 1. The van der Waals surface area contributed by atoms with Gasteiger partial charge in [0, 0.05) is 0 Å². The molecule has 0 saturated heterocycles. The number of benzene rings is 1. The molecule has 1 aromatic rings. The molecule has 0 aliphatic heterocycles. The fourth-order valence-electron chi connectivity index (χ4n) is 1.53. The van der Waals surface area contributed by atoms with Crippen LogP contribution in [0, 0.1) is 0 Å². The first-order valence-electron chi connectivity index (χ1n) is 4.98. The summed E-state index contributed by atoms with van der Waals surface area (Å²) >= 11 is 2.32. The zero-order valence-electron chi connectivity index (χ0n) is 8.78. The predicted molar refractivity (Wildman–Crippen MR) is 69.3 cm³/mol. The monoisotopic (exact) mass is 318 g/mol. The second-order valence-electron chi connectivity index (χ2n) is 3.32. The third-order valence-electron chi connectivity index (χ3n) is 2.31. The Kier molecular flexibility index (Phi) is 5.68. The van der Waals surface area contributed by atoms with Crippen molar-refractivity contribution < 1.29 is 9.53 Å². The maximum atomic E-state index is 11.6. The molecule has 1 unspecified atom stereocenters. The van der Waals surface area contributed by atoms with Gasteiger partial charge in [0.25, 0.3) is 0 Å². The van der Waals surface area contributed by atoms with Gasteiger partial charge in [0.2, 0.25) is 0 Å². The van der Waals surface area contributed by atoms with Gasteiger partial charge in [0.1, 0.15) is 0 Å². The van der Waals surface area contributed by atoms with Gasteiger partial charge in [0.05, 0.1) is 13.0 Å². The topological polar surface area (TPSA) is 26.3 Å². The number of carbonyl (C=O) groups is 1. The van der Waals surface area contributed by atoms with Crippen molar-refractivity contribution in [1.82, 2.24) is 0 Å². The lowest BCUT2D eigenvalue weighted by Crippen LogP contribution is -2.14. The molecule has 0 heterocycles. The fraction of sp³-hybridized carbons (Fsp3) is 0.417. The molecule has 82 valence electrons. The molecule has 1 rings (SSSR count). The molecular weight excluding hydrogens is 303 g/mol. The van der Waals surface area contributed by atoms with Crippen LogP contribution in [0.2, 0.25) is 0 Å². The first-order valence-corrected chi connectivity index (χ1v) is 6.51. The van der Waals surface area contributed by atoms with Crippen molar-refractivity contribution in [2.75, 3.05) is 11.5 Å². The van der Waals surface area contributed by atoms with E-state index in [1.165, 1.54) is 7.11 Å². The highest BCUT2D eigenvalue weighted by Gasteiger charge is 2.20. The smallest absolute Gasteiger partial charge is 0.313 e. The molecule has 15 heavy (non-hydrogen) atoms. The Morgan fingerprint density at radius 2 is 2.07 bits per heavy atom. The number of carbonyl (C=O) groups excluding carboxylic acids is 1. The Hall–Kier alpha value is -0.580. The van der Waals surface area contributed by atoms with Gasteiger partial charge in [-0.1, -0.05) is 52.9 Å². The molecule has 3 heteroatoms. The molecule has 0 bridgehead atoms. The van der Waals surface area contributed by atoms with E-state index in [0.717, 1.165) is 22.8 Å². The summed E-state index contributed by atoms with van der Waals surface area (Å²) in [5, 5.41) is 0. The van der Waals surface area contributed by atoms with Crippen molar-refractivity contribution in [2.24, 2.45) is 0 Å². The van der Waals surface area contributed by atoms with E-state index in [4.69, 9.17) is 4.74 Å². The summed E-state index contributed by atoms with van der Waals surface area (Å²) in [4.78, 5) is 11.6. The van der Waals surface area contributed by atoms with E-state index in [9.17, 15) is 4.79 Å². The van der Waals surface area contributed by atoms with Gasteiger partial charge in [0.15, 0.2) is 0 Å². The second kappa shape index (κ2) is 6.82. The Morgan fingerprint density at radius 1 is 1.40 bits per heavy atom. The third kappa shape index (κ3) is 3.81. The van der Waals surface area contributed by atoms with Gasteiger partial charge >= 0.3 is 5.97 Å². The maximum absolute atomic E-state index is 11.6. The summed E-state index contributed by atoms with van der Waals surface area (Å²) in [6.07, 6.45) is 1.90. The molecule has 0 spiro atoms. The largest absolute Gasteiger partial charge is 0.469 e.